The van der Waals surface area contributed by atoms with Crippen LogP contribution in [0.2, 0.25) is 5.02 Å². The first-order chi connectivity index (χ1) is 7.33. The van der Waals surface area contributed by atoms with Gasteiger partial charge in [0.2, 0.25) is 0 Å². The fourth-order valence-corrected chi connectivity index (χ4v) is 2.38. The van der Waals surface area contributed by atoms with E-state index in [0.29, 0.717) is 11.6 Å². The largest absolute Gasteiger partial charge is 0.383 e. The molecule has 0 radical (unpaired) electrons. The SMILES string of the molecule is COCCn1cnnc1-c1sccc1Cl. The van der Waals surface area contributed by atoms with Crippen molar-refractivity contribution in [3.8, 4) is 10.7 Å². The predicted octanol–water partition coefficient (Wildman–Crippen LogP) is 2.31. The molecule has 2 aromatic rings. The lowest BCUT2D eigenvalue weighted by molar-refractivity contribution is 0.187. The minimum atomic E-state index is 0.633. The fraction of sp³-hybridized carbons (Fsp3) is 0.333. The molecule has 0 N–H and O–H groups in total. The summed E-state index contributed by atoms with van der Waals surface area (Å²) in [7, 11) is 1.67. The van der Waals surface area contributed by atoms with Gasteiger partial charge in [-0.3, -0.25) is 0 Å². The highest BCUT2D eigenvalue weighted by molar-refractivity contribution is 7.14. The standard InChI is InChI=1S/C9H10ClN3OS/c1-14-4-3-13-6-11-12-9(13)8-7(10)2-5-15-8/h2,5-6H,3-4H2,1H3. The van der Waals surface area contributed by atoms with Crippen molar-refractivity contribution in [1.29, 1.82) is 0 Å². The highest BCUT2D eigenvalue weighted by atomic mass is 35.5. The molecule has 2 rings (SSSR count). The molecular weight excluding hydrogens is 234 g/mol. The zero-order valence-electron chi connectivity index (χ0n) is 8.18. The smallest absolute Gasteiger partial charge is 0.175 e. The summed E-state index contributed by atoms with van der Waals surface area (Å²) in [6.07, 6.45) is 1.68. The number of thiophene rings is 1. The van der Waals surface area contributed by atoms with Gasteiger partial charge in [-0.05, 0) is 11.4 Å². The Morgan fingerprint density at radius 3 is 3.13 bits per heavy atom. The first-order valence-corrected chi connectivity index (χ1v) is 5.69. The second kappa shape index (κ2) is 4.74. The van der Waals surface area contributed by atoms with Gasteiger partial charge in [-0.2, -0.15) is 0 Å². The van der Waals surface area contributed by atoms with Crippen molar-refractivity contribution in [3.63, 3.8) is 0 Å². The number of methoxy groups -OCH3 is 1. The summed E-state index contributed by atoms with van der Waals surface area (Å²) in [5, 5.41) is 10.6. The molecule has 0 unspecified atom stereocenters. The number of ether oxygens (including phenoxy) is 1. The molecule has 0 saturated carbocycles. The molecule has 0 aliphatic carbocycles. The molecule has 0 aliphatic heterocycles. The summed E-state index contributed by atoms with van der Waals surface area (Å²) in [4.78, 5) is 0.949. The van der Waals surface area contributed by atoms with Crippen LogP contribution in [0.4, 0.5) is 0 Å². The summed E-state index contributed by atoms with van der Waals surface area (Å²) in [6.45, 7) is 1.36. The topological polar surface area (TPSA) is 39.9 Å². The molecule has 15 heavy (non-hydrogen) atoms. The van der Waals surface area contributed by atoms with Crippen molar-refractivity contribution in [2.45, 2.75) is 6.54 Å². The van der Waals surface area contributed by atoms with Gasteiger partial charge in [0.1, 0.15) is 6.33 Å². The van der Waals surface area contributed by atoms with Gasteiger partial charge >= 0.3 is 0 Å². The minimum Gasteiger partial charge on any atom is -0.383 e. The van der Waals surface area contributed by atoms with Gasteiger partial charge < -0.3 is 9.30 Å². The normalized spacial score (nSPS) is 10.8. The maximum Gasteiger partial charge on any atom is 0.175 e. The molecule has 0 aromatic carbocycles. The van der Waals surface area contributed by atoms with Crippen LogP contribution in [0.15, 0.2) is 17.8 Å². The van der Waals surface area contributed by atoms with E-state index in [0.717, 1.165) is 17.2 Å². The number of hydrogen-bond donors (Lipinski definition) is 0. The summed E-state index contributed by atoms with van der Waals surface area (Å²) in [5.74, 6) is 0.798. The average molecular weight is 244 g/mol. The van der Waals surface area contributed by atoms with Crippen molar-refractivity contribution < 1.29 is 4.74 Å². The molecule has 80 valence electrons. The Balaban J connectivity index is 2.29. The first kappa shape index (κ1) is 10.6. The molecule has 0 bridgehead atoms. The lowest BCUT2D eigenvalue weighted by atomic mass is 10.4. The van der Waals surface area contributed by atoms with Crippen LogP contribution in [0.3, 0.4) is 0 Å². The van der Waals surface area contributed by atoms with Gasteiger partial charge in [0, 0.05) is 13.7 Å². The second-order valence-corrected chi connectivity index (χ2v) is 4.26. The maximum atomic E-state index is 6.04. The van der Waals surface area contributed by atoms with Crippen LogP contribution < -0.4 is 0 Å². The summed E-state index contributed by atoms with van der Waals surface area (Å²) in [6, 6.07) is 1.86. The molecular formula is C9H10ClN3OS. The Labute approximate surface area is 96.5 Å². The van der Waals surface area contributed by atoms with E-state index in [-0.39, 0.29) is 0 Å². The Morgan fingerprint density at radius 2 is 2.47 bits per heavy atom. The Kier molecular flexibility index (Phi) is 3.35. The number of rotatable bonds is 4. The van der Waals surface area contributed by atoms with E-state index in [1.165, 1.54) is 0 Å². The van der Waals surface area contributed by atoms with E-state index in [1.807, 2.05) is 16.0 Å². The van der Waals surface area contributed by atoms with Crippen molar-refractivity contribution in [1.82, 2.24) is 14.8 Å². The van der Waals surface area contributed by atoms with E-state index < -0.39 is 0 Å². The molecule has 4 nitrogen and oxygen atoms in total. The molecule has 6 heteroatoms. The van der Waals surface area contributed by atoms with Crippen LogP contribution >= 0.6 is 22.9 Å². The summed E-state index contributed by atoms with van der Waals surface area (Å²) < 4.78 is 6.94. The van der Waals surface area contributed by atoms with E-state index in [1.54, 1.807) is 24.8 Å². The molecule has 0 atom stereocenters. The van der Waals surface area contributed by atoms with E-state index in [9.17, 15) is 0 Å². The zero-order chi connectivity index (χ0) is 10.7. The van der Waals surface area contributed by atoms with Gasteiger partial charge in [-0.25, -0.2) is 0 Å². The average Bonchev–Trinajstić information content (AvgIpc) is 2.82. The number of halogens is 1. The van der Waals surface area contributed by atoms with E-state index in [2.05, 4.69) is 10.2 Å². The molecule has 2 aromatic heterocycles. The van der Waals surface area contributed by atoms with Gasteiger partial charge in [-0.15, -0.1) is 21.5 Å². The lowest BCUT2D eigenvalue weighted by Crippen LogP contribution is -2.04. The van der Waals surface area contributed by atoms with Crippen LogP contribution in [0, 0.1) is 0 Å². The molecule has 0 fully saturated rings. The zero-order valence-corrected chi connectivity index (χ0v) is 9.75. The van der Waals surface area contributed by atoms with Crippen molar-refractivity contribution in [2.75, 3.05) is 13.7 Å². The van der Waals surface area contributed by atoms with E-state index in [4.69, 9.17) is 16.3 Å². The van der Waals surface area contributed by atoms with Crippen LogP contribution in [0.5, 0.6) is 0 Å². The molecule has 0 aliphatic rings. The molecule has 0 saturated heterocycles. The minimum absolute atomic E-state index is 0.633. The Bertz CT molecular complexity index is 440. The quantitative estimate of drug-likeness (QED) is 0.827. The summed E-state index contributed by atoms with van der Waals surface area (Å²) >= 11 is 7.59. The molecule has 2 heterocycles. The first-order valence-electron chi connectivity index (χ1n) is 4.43. The fourth-order valence-electron chi connectivity index (χ4n) is 1.24. The lowest BCUT2D eigenvalue weighted by Gasteiger charge is -2.04. The second-order valence-electron chi connectivity index (χ2n) is 2.94. The van der Waals surface area contributed by atoms with Gasteiger partial charge in [0.25, 0.3) is 0 Å². The van der Waals surface area contributed by atoms with Crippen LogP contribution in [-0.4, -0.2) is 28.5 Å². The van der Waals surface area contributed by atoms with Gasteiger partial charge in [0.05, 0.1) is 16.5 Å². The van der Waals surface area contributed by atoms with Crippen LogP contribution in [0.1, 0.15) is 0 Å². The Hall–Kier alpha value is -0.910. The maximum absolute atomic E-state index is 6.04. The third-order valence-corrected chi connectivity index (χ3v) is 3.31. The van der Waals surface area contributed by atoms with Crippen molar-refractivity contribution in [2.24, 2.45) is 0 Å². The van der Waals surface area contributed by atoms with Gasteiger partial charge in [0.15, 0.2) is 5.82 Å². The highest BCUT2D eigenvalue weighted by Gasteiger charge is 2.11. The van der Waals surface area contributed by atoms with Crippen LogP contribution in [0.25, 0.3) is 10.7 Å². The monoisotopic (exact) mass is 243 g/mol. The van der Waals surface area contributed by atoms with Crippen molar-refractivity contribution >= 4 is 22.9 Å². The molecule has 0 spiro atoms. The number of aromatic nitrogens is 3. The highest BCUT2D eigenvalue weighted by Crippen LogP contribution is 2.31. The van der Waals surface area contributed by atoms with Crippen LogP contribution in [-0.2, 0) is 11.3 Å². The summed E-state index contributed by atoms with van der Waals surface area (Å²) in [5.41, 5.74) is 0. The van der Waals surface area contributed by atoms with Gasteiger partial charge in [-0.1, -0.05) is 11.6 Å². The number of nitrogens with zero attached hydrogens (tertiary/aromatic N) is 3. The van der Waals surface area contributed by atoms with E-state index >= 15 is 0 Å². The van der Waals surface area contributed by atoms with Crippen molar-refractivity contribution in [3.05, 3.63) is 22.8 Å². The third-order valence-electron chi connectivity index (χ3n) is 1.97. The Morgan fingerprint density at radius 1 is 1.60 bits per heavy atom. The number of hydrogen-bond acceptors (Lipinski definition) is 4. The predicted molar refractivity (Wildman–Crippen MR) is 60.2 cm³/mol. The third kappa shape index (κ3) is 2.19. The molecule has 0 amide bonds.